The molecule has 1 saturated heterocycles. The lowest BCUT2D eigenvalue weighted by Gasteiger charge is -2.18. The Morgan fingerprint density at radius 2 is 1.90 bits per heavy atom. The molecular weight excluding hydrogens is 282 g/mol. The molecule has 6 heteroatoms. The molecule has 5 nitrogen and oxygen atoms in total. The van der Waals surface area contributed by atoms with Crippen molar-refractivity contribution < 1.29 is 0 Å². The maximum absolute atomic E-state index is 4.72. The van der Waals surface area contributed by atoms with Crippen LogP contribution in [0.5, 0.6) is 0 Å². The Balaban J connectivity index is 1.79. The van der Waals surface area contributed by atoms with Crippen LogP contribution in [0.2, 0.25) is 0 Å². The van der Waals surface area contributed by atoms with Crippen LogP contribution >= 0.6 is 11.3 Å². The van der Waals surface area contributed by atoms with Crippen molar-refractivity contribution in [3.8, 4) is 0 Å². The monoisotopic (exact) mass is 303 g/mol. The maximum atomic E-state index is 4.72. The second kappa shape index (κ2) is 5.97. The number of hydrogen-bond acceptors (Lipinski definition) is 6. The predicted molar refractivity (Wildman–Crippen MR) is 87.1 cm³/mol. The van der Waals surface area contributed by atoms with Crippen LogP contribution in [0.25, 0.3) is 0 Å². The number of nitrogens with one attached hydrogen (secondary N) is 1. The lowest BCUT2D eigenvalue weighted by Crippen LogP contribution is -2.22. The van der Waals surface area contributed by atoms with Crippen molar-refractivity contribution in [3.63, 3.8) is 0 Å². The van der Waals surface area contributed by atoms with Gasteiger partial charge in [-0.15, -0.1) is 11.3 Å². The highest BCUT2D eigenvalue weighted by molar-refractivity contribution is 7.09. The van der Waals surface area contributed by atoms with E-state index in [4.69, 9.17) is 4.98 Å². The fraction of sp³-hybridized carbons (Fsp3) is 0.533. The van der Waals surface area contributed by atoms with Gasteiger partial charge in [-0.1, -0.05) is 0 Å². The molecule has 0 aromatic carbocycles. The summed E-state index contributed by atoms with van der Waals surface area (Å²) in [5, 5.41) is 6.60. The van der Waals surface area contributed by atoms with Gasteiger partial charge in [0.1, 0.15) is 5.82 Å². The Bertz CT molecular complexity index is 631. The molecule has 112 valence electrons. The first kappa shape index (κ1) is 14.3. The number of anilines is 2. The molecule has 0 atom stereocenters. The minimum atomic E-state index is 0.709. The zero-order chi connectivity index (χ0) is 14.8. The largest absolute Gasteiger partial charge is 0.364 e. The van der Waals surface area contributed by atoms with Crippen molar-refractivity contribution in [1.29, 1.82) is 0 Å². The van der Waals surface area contributed by atoms with Gasteiger partial charge in [0.2, 0.25) is 5.95 Å². The number of nitrogens with zero attached hydrogens (tertiary/aromatic N) is 4. The molecule has 1 aliphatic rings. The van der Waals surface area contributed by atoms with Crippen molar-refractivity contribution in [2.24, 2.45) is 0 Å². The first-order valence-electron chi connectivity index (χ1n) is 7.38. The van der Waals surface area contributed by atoms with Gasteiger partial charge in [0.25, 0.3) is 0 Å². The molecule has 1 aliphatic heterocycles. The van der Waals surface area contributed by atoms with Crippen LogP contribution in [0.4, 0.5) is 11.8 Å². The first-order valence-corrected chi connectivity index (χ1v) is 8.26. The summed E-state index contributed by atoms with van der Waals surface area (Å²) in [6, 6.07) is 0. The summed E-state index contributed by atoms with van der Waals surface area (Å²) in [4.78, 5) is 16.1. The fourth-order valence-electron chi connectivity index (χ4n) is 2.51. The topological polar surface area (TPSA) is 53.9 Å². The van der Waals surface area contributed by atoms with Crippen molar-refractivity contribution in [1.82, 2.24) is 15.0 Å². The van der Waals surface area contributed by atoms with E-state index in [0.717, 1.165) is 46.8 Å². The SMILES string of the molecule is Cc1nc(CNc2nc(N3CCCC3)nc(C)c2C)cs1. The quantitative estimate of drug-likeness (QED) is 0.940. The summed E-state index contributed by atoms with van der Waals surface area (Å²) in [6.07, 6.45) is 2.47. The predicted octanol–water partition coefficient (Wildman–Crippen LogP) is 3.07. The summed E-state index contributed by atoms with van der Waals surface area (Å²) < 4.78 is 0. The van der Waals surface area contributed by atoms with Crippen molar-refractivity contribution >= 4 is 23.1 Å². The van der Waals surface area contributed by atoms with E-state index in [1.165, 1.54) is 12.8 Å². The van der Waals surface area contributed by atoms with E-state index in [1.807, 2.05) is 6.92 Å². The zero-order valence-electron chi connectivity index (χ0n) is 12.8. The van der Waals surface area contributed by atoms with Crippen LogP contribution in [0.3, 0.4) is 0 Å². The molecule has 0 spiro atoms. The first-order chi connectivity index (χ1) is 10.1. The highest BCUT2D eigenvalue weighted by Crippen LogP contribution is 2.22. The Hall–Kier alpha value is -1.69. The van der Waals surface area contributed by atoms with E-state index in [0.29, 0.717) is 6.54 Å². The number of aryl methyl sites for hydroxylation is 2. The smallest absolute Gasteiger partial charge is 0.227 e. The molecule has 0 radical (unpaired) electrons. The third-order valence-corrected chi connectivity index (χ3v) is 4.69. The molecule has 0 amide bonds. The van der Waals surface area contributed by atoms with Gasteiger partial charge in [0.05, 0.1) is 17.2 Å². The van der Waals surface area contributed by atoms with Crippen molar-refractivity contribution in [2.75, 3.05) is 23.3 Å². The Morgan fingerprint density at radius 3 is 2.57 bits per heavy atom. The van der Waals surface area contributed by atoms with Gasteiger partial charge in [0.15, 0.2) is 0 Å². The van der Waals surface area contributed by atoms with E-state index in [1.54, 1.807) is 11.3 Å². The van der Waals surface area contributed by atoms with E-state index in [2.05, 4.69) is 39.4 Å². The molecule has 2 aromatic heterocycles. The highest BCUT2D eigenvalue weighted by atomic mass is 32.1. The van der Waals surface area contributed by atoms with Crippen molar-refractivity contribution in [2.45, 2.75) is 40.2 Å². The van der Waals surface area contributed by atoms with E-state index in [9.17, 15) is 0 Å². The van der Waals surface area contributed by atoms with Crippen LogP contribution in [0, 0.1) is 20.8 Å². The number of thiazole rings is 1. The van der Waals surface area contributed by atoms with E-state index >= 15 is 0 Å². The summed E-state index contributed by atoms with van der Waals surface area (Å²) >= 11 is 1.68. The van der Waals surface area contributed by atoms with Crippen LogP contribution in [0.1, 0.15) is 34.8 Å². The van der Waals surface area contributed by atoms with Gasteiger partial charge in [-0.05, 0) is 33.6 Å². The second-order valence-electron chi connectivity index (χ2n) is 5.49. The van der Waals surface area contributed by atoms with Crippen LogP contribution in [-0.2, 0) is 6.54 Å². The average Bonchev–Trinajstić information content (AvgIpc) is 3.11. The number of rotatable bonds is 4. The Morgan fingerprint density at radius 1 is 1.14 bits per heavy atom. The summed E-state index contributed by atoms with van der Waals surface area (Å²) in [7, 11) is 0. The van der Waals surface area contributed by atoms with Crippen LogP contribution in [0.15, 0.2) is 5.38 Å². The molecule has 0 saturated carbocycles. The minimum Gasteiger partial charge on any atom is -0.364 e. The number of hydrogen-bond donors (Lipinski definition) is 1. The van der Waals surface area contributed by atoms with E-state index in [-0.39, 0.29) is 0 Å². The molecule has 3 heterocycles. The van der Waals surface area contributed by atoms with Gasteiger partial charge in [-0.2, -0.15) is 4.98 Å². The van der Waals surface area contributed by atoms with E-state index < -0.39 is 0 Å². The highest BCUT2D eigenvalue weighted by Gasteiger charge is 2.17. The third kappa shape index (κ3) is 3.15. The lowest BCUT2D eigenvalue weighted by molar-refractivity contribution is 0.879. The Kier molecular flexibility index (Phi) is 4.05. The molecule has 21 heavy (non-hydrogen) atoms. The molecule has 0 aliphatic carbocycles. The molecule has 2 aromatic rings. The molecular formula is C15H21N5S. The minimum absolute atomic E-state index is 0.709. The zero-order valence-corrected chi connectivity index (χ0v) is 13.6. The standard InChI is InChI=1S/C15H21N5S/c1-10-11(2)17-15(20-6-4-5-7-20)19-14(10)16-8-13-9-21-12(3)18-13/h9H,4-8H2,1-3H3,(H,16,17,19). The Labute approximate surface area is 129 Å². The fourth-order valence-corrected chi connectivity index (χ4v) is 3.12. The molecule has 0 unspecified atom stereocenters. The van der Waals surface area contributed by atoms with Crippen LogP contribution < -0.4 is 10.2 Å². The summed E-state index contributed by atoms with van der Waals surface area (Å²) in [5.74, 6) is 1.78. The third-order valence-electron chi connectivity index (χ3n) is 3.87. The van der Waals surface area contributed by atoms with Gasteiger partial charge in [0, 0.05) is 29.7 Å². The van der Waals surface area contributed by atoms with Gasteiger partial charge >= 0.3 is 0 Å². The second-order valence-corrected chi connectivity index (χ2v) is 6.55. The molecule has 1 N–H and O–H groups in total. The van der Waals surface area contributed by atoms with Gasteiger partial charge in [-0.3, -0.25) is 0 Å². The number of aromatic nitrogens is 3. The van der Waals surface area contributed by atoms with Gasteiger partial charge < -0.3 is 10.2 Å². The normalized spacial score (nSPS) is 14.7. The van der Waals surface area contributed by atoms with Crippen LogP contribution in [-0.4, -0.2) is 28.0 Å². The summed E-state index contributed by atoms with van der Waals surface area (Å²) in [5.41, 5.74) is 3.23. The van der Waals surface area contributed by atoms with Gasteiger partial charge in [-0.25, -0.2) is 9.97 Å². The summed E-state index contributed by atoms with van der Waals surface area (Å²) in [6.45, 7) is 8.98. The van der Waals surface area contributed by atoms with Crippen molar-refractivity contribution in [3.05, 3.63) is 27.3 Å². The lowest BCUT2D eigenvalue weighted by atomic mass is 10.2. The molecule has 1 fully saturated rings. The molecule has 0 bridgehead atoms. The molecule has 3 rings (SSSR count). The maximum Gasteiger partial charge on any atom is 0.227 e. The average molecular weight is 303 g/mol.